The second kappa shape index (κ2) is 17.0. The maximum Gasteiger partial charge on any atom is 0.407 e. The molecule has 0 fully saturated rings. The van der Waals surface area contributed by atoms with Crippen LogP contribution in [0.2, 0.25) is 0 Å². The molecule has 0 aromatic carbocycles. The third-order valence-corrected chi connectivity index (χ3v) is 3.61. The number of hydrogen-bond donors (Lipinski definition) is 2. The van der Waals surface area contributed by atoms with Crippen LogP contribution in [0.3, 0.4) is 0 Å². The van der Waals surface area contributed by atoms with Crippen molar-refractivity contribution in [2.24, 2.45) is 0 Å². The maximum atomic E-state index is 11.9. The Hall–Kier alpha value is -1.41. The number of hydrogen-bond acceptors (Lipinski definition) is 6. The lowest BCUT2D eigenvalue weighted by molar-refractivity contribution is -0.145. The van der Waals surface area contributed by atoms with Crippen LogP contribution in [-0.4, -0.2) is 62.3 Å². The van der Waals surface area contributed by atoms with Crippen LogP contribution in [0.15, 0.2) is 0 Å². The monoisotopic (exact) mass is 414 g/mol. The second-order valence-electron chi connectivity index (χ2n) is 5.23. The van der Waals surface area contributed by atoms with Crippen LogP contribution in [-0.2, 0) is 19.0 Å². The molecule has 0 aromatic heterocycles. The fraction of sp³-hybridized carbons (Fsp3) is 0.812. The highest BCUT2D eigenvalue weighted by Gasteiger charge is 2.22. The first-order valence-electron chi connectivity index (χ1n) is 8.67. The van der Waals surface area contributed by atoms with E-state index in [1.165, 1.54) is 0 Å². The van der Waals surface area contributed by atoms with Crippen molar-refractivity contribution in [2.45, 2.75) is 45.1 Å². The summed E-state index contributed by atoms with van der Waals surface area (Å²) in [5.41, 5.74) is 0. The minimum atomic E-state index is -0.797. The van der Waals surface area contributed by atoms with Crippen LogP contribution >= 0.6 is 23.2 Å². The van der Waals surface area contributed by atoms with Crippen molar-refractivity contribution in [1.29, 1.82) is 0 Å². The van der Waals surface area contributed by atoms with Gasteiger partial charge in [-0.25, -0.2) is 14.4 Å². The number of amides is 2. The van der Waals surface area contributed by atoms with Crippen molar-refractivity contribution in [3.63, 3.8) is 0 Å². The Morgan fingerprint density at radius 1 is 0.885 bits per heavy atom. The largest absolute Gasteiger partial charge is 0.464 e. The Kier molecular flexibility index (Phi) is 16.1. The van der Waals surface area contributed by atoms with E-state index in [0.717, 1.165) is 0 Å². The Morgan fingerprint density at radius 3 is 2.08 bits per heavy atom. The molecule has 10 heteroatoms. The molecule has 0 rings (SSSR count). The molecular weight excluding hydrogens is 387 g/mol. The van der Waals surface area contributed by atoms with Gasteiger partial charge in [0.2, 0.25) is 0 Å². The van der Waals surface area contributed by atoms with E-state index in [0.29, 0.717) is 50.4 Å². The number of carbonyl (C=O) groups is 3. The molecule has 0 saturated heterocycles. The number of esters is 1. The summed E-state index contributed by atoms with van der Waals surface area (Å²) in [5, 5.41) is 5.09. The zero-order chi connectivity index (χ0) is 19.6. The number of carbonyl (C=O) groups excluding carboxylic acids is 3. The average Bonchev–Trinajstić information content (AvgIpc) is 2.61. The summed E-state index contributed by atoms with van der Waals surface area (Å²) in [5.74, 6) is 0.301. The zero-order valence-corrected chi connectivity index (χ0v) is 16.6. The molecular formula is C16H28Cl2N2O6. The van der Waals surface area contributed by atoms with Crippen LogP contribution < -0.4 is 10.6 Å². The lowest BCUT2D eigenvalue weighted by Gasteiger charge is -2.17. The van der Waals surface area contributed by atoms with Crippen molar-refractivity contribution in [3.05, 3.63) is 0 Å². The van der Waals surface area contributed by atoms with Gasteiger partial charge in [0.1, 0.15) is 6.04 Å². The van der Waals surface area contributed by atoms with Crippen LogP contribution in [0.1, 0.15) is 39.0 Å². The number of nitrogens with one attached hydrogen (secondary N) is 2. The maximum absolute atomic E-state index is 11.9. The number of ether oxygens (including phenoxy) is 3. The van der Waals surface area contributed by atoms with Gasteiger partial charge in [0, 0.05) is 18.3 Å². The minimum absolute atomic E-state index is 0.181. The molecule has 0 aromatic rings. The standard InChI is InChI=1S/C16H28Cl2N2O6/c1-2-24-14(21)13(20-16(23)26-12-6-9-18)7-3-4-10-19-15(22)25-11-5-8-17/h13H,2-12H2,1H3,(H,19,22)(H,20,23)/t13-/m0/s1. The Labute approximate surface area is 164 Å². The van der Waals surface area contributed by atoms with Crippen molar-refractivity contribution >= 4 is 41.4 Å². The van der Waals surface area contributed by atoms with Crippen LogP contribution in [0.5, 0.6) is 0 Å². The summed E-state index contributed by atoms with van der Waals surface area (Å²) >= 11 is 11.0. The van der Waals surface area contributed by atoms with Gasteiger partial charge in [-0.1, -0.05) is 0 Å². The molecule has 8 nitrogen and oxygen atoms in total. The lowest BCUT2D eigenvalue weighted by atomic mass is 10.1. The SMILES string of the molecule is CCOC(=O)[C@H](CCCCNC(=O)OCCCCl)NC(=O)OCCCCl. The average molecular weight is 415 g/mol. The molecule has 2 amide bonds. The number of unbranched alkanes of at least 4 members (excludes halogenated alkanes) is 1. The van der Waals surface area contributed by atoms with Gasteiger partial charge in [-0.2, -0.15) is 0 Å². The third kappa shape index (κ3) is 13.8. The molecule has 0 radical (unpaired) electrons. The highest BCUT2D eigenvalue weighted by atomic mass is 35.5. The molecule has 152 valence electrons. The van der Waals surface area contributed by atoms with Crippen molar-refractivity contribution in [2.75, 3.05) is 38.1 Å². The van der Waals surface area contributed by atoms with Gasteiger partial charge in [-0.05, 0) is 39.0 Å². The molecule has 26 heavy (non-hydrogen) atoms. The Balaban J connectivity index is 4.09. The molecule has 0 saturated carbocycles. The van der Waals surface area contributed by atoms with Crippen LogP contribution in [0.4, 0.5) is 9.59 Å². The second-order valence-corrected chi connectivity index (χ2v) is 5.98. The summed E-state index contributed by atoms with van der Waals surface area (Å²) in [6, 6.07) is -0.797. The van der Waals surface area contributed by atoms with Gasteiger partial charge in [0.15, 0.2) is 0 Å². The summed E-state index contributed by atoms with van der Waals surface area (Å²) < 4.78 is 14.8. The van der Waals surface area contributed by atoms with Crippen LogP contribution in [0, 0.1) is 0 Å². The molecule has 1 atom stereocenters. The van der Waals surface area contributed by atoms with E-state index in [4.69, 9.17) is 37.4 Å². The topological polar surface area (TPSA) is 103 Å². The fourth-order valence-electron chi connectivity index (χ4n) is 1.83. The number of alkyl carbamates (subject to hydrolysis) is 2. The first-order valence-corrected chi connectivity index (χ1v) is 9.74. The molecule has 0 aliphatic rings. The normalized spacial score (nSPS) is 11.3. The quantitative estimate of drug-likeness (QED) is 0.196. The van der Waals surface area contributed by atoms with E-state index in [-0.39, 0.29) is 19.8 Å². The molecule has 0 aliphatic heterocycles. The summed E-state index contributed by atoms with van der Waals surface area (Å²) in [6.07, 6.45) is 1.52. The molecule has 0 heterocycles. The predicted molar refractivity (Wildman–Crippen MR) is 98.8 cm³/mol. The van der Waals surface area contributed by atoms with Gasteiger partial charge in [0.25, 0.3) is 0 Å². The van der Waals surface area contributed by atoms with Gasteiger partial charge in [0.05, 0.1) is 19.8 Å². The molecule has 0 aliphatic carbocycles. The molecule has 2 N–H and O–H groups in total. The molecule has 0 spiro atoms. The first kappa shape index (κ1) is 24.6. The van der Waals surface area contributed by atoms with Gasteiger partial charge >= 0.3 is 18.2 Å². The van der Waals surface area contributed by atoms with E-state index in [2.05, 4.69) is 10.6 Å². The zero-order valence-electron chi connectivity index (χ0n) is 15.1. The van der Waals surface area contributed by atoms with Crippen LogP contribution in [0.25, 0.3) is 0 Å². The van der Waals surface area contributed by atoms with E-state index in [1.807, 2.05) is 0 Å². The number of halogens is 2. The van der Waals surface area contributed by atoms with E-state index >= 15 is 0 Å². The number of alkyl halides is 2. The van der Waals surface area contributed by atoms with Gasteiger partial charge in [-0.15, -0.1) is 23.2 Å². The fourth-order valence-corrected chi connectivity index (χ4v) is 2.05. The first-order chi connectivity index (χ1) is 12.5. The Morgan fingerprint density at radius 2 is 1.50 bits per heavy atom. The summed E-state index contributed by atoms with van der Waals surface area (Å²) in [7, 11) is 0. The third-order valence-electron chi connectivity index (χ3n) is 3.07. The summed E-state index contributed by atoms with van der Waals surface area (Å²) in [6.45, 7) is 2.76. The minimum Gasteiger partial charge on any atom is -0.464 e. The van der Waals surface area contributed by atoms with E-state index in [1.54, 1.807) is 6.92 Å². The highest BCUT2D eigenvalue weighted by Crippen LogP contribution is 2.04. The summed E-state index contributed by atoms with van der Waals surface area (Å²) in [4.78, 5) is 34.9. The molecule has 0 unspecified atom stereocenters. The van der Waals surface area contributed by atoms with Gasteiger partial charge < -0.3 is 24.8 Å². The van der Waals surface area contributed by atoms with Crippen molar-refractivity contribution in [1.82, 2.24) is 10.6 Å². The lowest BCUT2D eigenvalue weighted by Crippen LogP contribution is -2.42. The smallest absolute Gasteiger partial charge is 0.407 e. The van der Waals surface area contributed by atoms with Crippen molar-refractivity contribution < 1.29 is 28.6 Å². The number of rotatable bonds is 14. The highest BCUT2D eigenvalue weighted by molar-refractivity contribution is 6.18. The van der Waals surface area contributed by atoms with E-state index < -0.39 is 24.2 Å². The molecule has 0 bridgehead atoms. The van der Waals surface area contributed by atoms with Crippen molar-refractivity contribution in [3.8, 4) is 0 Å². The Bertz CT molecular complexity index is 412. The predicted octanol–water partition coefficient (Wildman–Crippen LogP) is 2.80. The van der Waals surface area contributed by atoms with E-state index in [9.17, 15) is 14.4 Å². The van der Waals surface area contributed by atoms with Gasteiger partial charge in [-0.3, -0.25) is 0 Å².